The van der Waals surface area contributed by atoms with Crippen LogP contribution >= 0.6 is 11.6 Å². The third-order valence-corrected chi connectivity index (χ3v) is 8.51. The smallest absolute Gasteiger partial charge is 0.288 e. The van der Waals surface area contributed by atoms with Gasteiger partial charge in [0, 0.05) is 43.1 Å². The van der Waals surface area contributed by atoms with Gasteiger partial charge in [0.05, 0.1) is 33.7 Å². The number of hydrogen-bond donors (Lipinski definition) is 2. The van der Waals surface area contributed by atoms with Crippen molar-refractivity contribution in [3.05, 3.63) is 80.6 Å². The van der Waals surface area contributed by atoms with Crippen molar-refractivity contribution < 1.29 is 28.9 Å². The second-order valence-corrected chi connectivity index (χ2v) is 12.1. The fourth-order valence-corrected chi connectivity index (χ4v) is 5.69. The summed E-state index contributed by atoms with van der Waals surface area (Å²) < 4.78 is 1.48. The average molecular weight is 644 g/mol. The molecule has 15 heteroatoms. The van der Waals surface area contributed by atoms with Crippen molar-refractivity contribution in [3.8, 4) is 11.8 Å². The first-order chi connectivity index (χ1) is 21.8. The van der Waals surface area contributed by atoms with E-state index >= 15 is 0 Å². The van der Waals surface area contributed by atoms with Gasteiger partial charge in [0.1, 0.15) is 16.6 Å². The number of nitrogens with zero attached hydrogens (tertiary/aromatic N) is 5. The Balaban J connectivity index is 1.07. The van der Waals surface area contributed by atoms with Gasteiger partial charge in [-0.15, -0.1) is 0 Å². The Bertz CT molecular complexity index is 1920. The Hall–Kier alpha value is -5.55. The molecule has 0 spiro atoms. The highest BCUT2D eigenvalue weighted by Crippen LogP contribution is 2.33. The third kappa shape index (κ3) is 5.45. The van der Waals surface area contributed by atoms with Crippen molar-refractivity contribution in [1.82, 2.24) is 20.0 Å². The first-order valence-electron chi connectivity index (χ1n) is 14.3. The first-order valence-corrected chi connectivity index (χ1v) is 14.6. The zero-order valence-corrected chi connectivity index (χ0v) is 25.3. The van der Waals surface area contributed by atoms with Crippen LogP contribution in [0.15, 0.2) is 48.8 Å². The molecule has 2 aromatic carbocycles. The van der Waals surface area contributed by atoms with E-state index in [0.717, 1.165) is 10.6 Å². The number of amides is 5. The van der Waals surface area contributed by atoms with E-state index in [1.807, 2.05) is 4.90 Å². The fraction of sp³-hybridized carbons (Fsp3) is 0.290. The fourth-order valence-electron chi connectivity index (χ4n) is 5.44. The lowest BCUT2D eigenvalue weighted by Crippen LogP contribution is -2.54. The molecule has 1 unspecified atom stereocenters. The Morgan fingerprint density at radius 1 is 1.11 bits per heavy atom. The van der Waals surface area contributed by atoms with Crippen molar-refractivity contribution in [2.75, 3.05) is 23.3 Å². The minimum absolute atomic E-state index is 0.0251. The Labute approximate surface area is 266 Å². The van der Waals surface area contributed by atoms with Gasteiger partial charge in [-0.2, -0.15) is 5.10 Å². The van der Waals surface area contributed by atoms with Crippen LogP contribution in [-0.2, 0) is 19.9 Å². The lowest BCUT2D eigenvalue weighted by molar-refractivity contribution is -0.384. The number of rotatable bonds is 6. The number of nitrogens with one attached hydrogen (secondary N) is 2. The molecule has 1 atom stereocenters. The zero-order chi connectivity index (χ0) is 32.9. The van der Waals surface area contributed by atoms with E-state index in [1.54, 1.807) is 44.4 Å². The van der Waals surface area contributed by atoms with E-state index in [4.69, 9.17) is 11.6 Å². The number of imide groups is 2. The normalized spacial score (nSPS) is 18.0. The predicted molar refractivity (Wildman–Crippen MR) is 164 cm³/mol. The minimum Gasteiger partial charge on any atom is -0.369 e. The number of carbonyl (C=O) groups excluding carboxylic acids is 5. The highest BCUT2D eigenvalue weighted by atomic mass is 35.5. The first kappa shape index (κ1) is 30.5. The number of hydrogen-bond acceptors (Lipinski definition) is 9. The van der Waals surface area contributed by atoms with Gasteiger partial charge in [-0.3, -0.25) is 49.0 Å². The van der Waals surface area contributed by atoms with Gasteiger partial charge < -0.3 is 10.2 Å². The maximum atomic E-state index is 13.1. The van der Waals surface area contributed by atoms with E-state index < -0.39 is 46.0 Å². The second-order valence-electron chi connectivity index (χ2n) is 11.7. The molecule has 3 aromatic rings. The Morgan fingerprint density at radius 2 is 1.85 bits per heavy atom. The van der Waals surface area contributed by atoms with Crippen LogP contribution < -0.4 is 15.5 Å². The molecule has 2 fully saturated rings. The summed E-state index contributed by atoms with van der Waals surface area (Å²) in [5.74, 6) is 3.71. The van der Waals surface area contributed by atoms with Crippen molar-refractivity contribution in [2.24, 2.45) is 5.92 Å². The number of benzene rings is 2. The Morgan fingerprint density at radius 3 is 2.54 bits per heavy atom. The summed E-state index contributed by atoms with van der Waals surface area (Å²) in [6, 6.07) is 7.89. The molecule has 14 nitrogen and oxygen atoms in total. The molecular formula is C31H26ClN7O7. The molecule has 0 saturated carbocycles. The number of fused-ring (bicyclic) bond motifs is 1. The molecule has 46 heavy (non-hydrogen) atoms. The van der Waals surface area contributed by atoms with Gasteiger partial charge >= 0.3 is 0 Å². The van der Waals surface area contributed by atoms with Crippen LogP contribution in [0.3, 0.4) is 0 Å². The molecular weight excluding hydrogens is 618 g/mol. The van der Waals surface area contributed by atoms with Crippen LogP contribution in [0.1, 0.15) is 53.0 Å². The van der Waals surface area contributed by atoms with Crippen molar-refractivity contribution in [2.45, 2.75) is 38.3 Å². The third-order valence-electron chi connectivity index (χ3n) is 8.20. The van der Waals surface area contributed by atoms with Gasteiger partial charge in [0.2, 0.25) is 11.8 Å². The molecule has 6 rings (SSSR count). The molecule has 234 valence electrons. The van der Waals surface area contributed by atoms with Crippen LogP contribution in [0, 0.1) is 27.9 Å². The summed E-state index contributed by atoms with van der Waals surface area (Å²) in [5, 5.41) is 20.1. The minimum atomic E-state index is -1.12. The van der Waals surface area contributed by atoms with Gasteiger partial charge in [-0.1, -0.05) is 23.4 Å². The summed E-state index contributed by atoms with van der Waals surface area (Å²) in [6.45, 7) is 4.51. The van der Waals surface area contributed by atoms with E-state index in [9.17, 15) is 34.1 Å². The van der Waals surface area contributed by atoms with E-state index in [-0.39, 0.29) is 40.6 Å². The van der Waals surface area contributed by atoms with Gasteiger partial charge in [-0.25, -0.2) is 0 Å². The molecule has 3 aliphatic rings. The van der Waals surface area contributed by atoms with Crippen LogP contribution in [0.2, 0.25) is 5.02 Å². The summed E-state index contributed by atoms with van der Waals surface area (Å²) in [5.41, 5.74) is 0.716. The standard InChI is InChI=1S/C31H26ClN7O7/c1-31(2,30(44)34-19-5-8-24(39(45)46)23(32)11-19)37-16-17(13-33-37)3-4-18-14-36(15-18)20-6-7-21-22(12-20)29(43)38(28(21)42)25-9-10-26(40)35-27(25)41/h5-8,11-13,16,18,25H,9-10,14-15H2,1-2H3,(H,34,44)(H,35,40,41). The number of carbonyl (C=O) groups is 5. The molecule has 5 amide bonds. The molecule has 2 saturated heterocycles. The molecule has 0 bridgehead atoms. The quantitative estimate of drug-likeness (QED) is 0.177. The molecule has 4 heterocycles. The van der Waals surface area contributed by atoms with Gasteiger partial charge in [-0.05, 0) is 50.6 Å². The topological polar surface area (TPSA) is 177 Å². The van der Waals surface area contributed by atoms with E-state index in [1.165, 1.54) is 22.9 Å². The summed E-state index contributed by atoms with van der Waals surface area (Å²) >= 11 is 5.96. The number of anilines is 2. The summed E-state index contributed by atoms with van der Waals surface area (Å²) in [7, 11) is 0. The van der Waals surface area contributed by atoms with Crippen LogP contribution in [0.25, 0.3) is 0 Å². The van der Waals surface area contributed by atoms with Crippen LogP contribution in [0.4, 0.5) is 17.1 Å². The number of nitro groups is 1. The maximum absolute atomic E-state index is 13.1. The van der Waals surface area contributed by atoms with E-state index in [0.29, 0.717) is 24.3 Å². The largest absolute Gasteiger partial charge is 0.369 e. The lowest BCUT2D eigenvalue weighted by Gasteiger charge is -2.38. The molecule has 0 aliphatic carbocycles. The monoisotopic (exact) mass is 643 g/mol. The van der Waals surface area contributed by atoms with Crippen molar-refractivity contribution in [1.29, 1.82) is 0 Å². The summed E-state index contributed by atoms with van der Waals surface area (Å²) in [4.78, 5) is 76.3. The highest BCUT2D eigenvalue weighted by Gasteiger charge is 2.45. The van der Waals surface area contributed by atoms with Crippen molar-refractivity contribution >= 4 is 58.2 Å². The van der Waals surface area contributed by atoms with E-state index in [2.05, 4.69) is 27.6 Å². The predicted octanol–water partition coefficient (Wildman–Crippen LogP) is 2.71. The zero-order valence-electron chi connectivity index (χ0n) is 24.6. The number of piperidine rings is 1. The SMILES string of the molecule is CC(C)(C(=O)Nc1ccc([N+](=O)[O-])c(Cl)c1)n1cc(C#CC2CN(c3ccc4c(c3)C(=O)N(C3CCC(=O)NC3=O)C4=O)C2)cn1. The highest BCUT2D eigenvalue weighted by molar-refractivity contribution is 6.33. The molecule has 1 aromatic heterocycles. The average Bonchev–Trinajstić information content (AvgIpc) is 3.55. The van der Waals surface area contributed by atoms with Crippen molar-refractivity contribution in [3.63, 3.8) is 0 Å². The summed E-state index contributed by atoms with van der Waals surface area (Å²) in [6.07, 6.45) is 3.36. The van der Waals surface area contributed by atoms with Crippen LogP contribution in [-0.4, -0.2) is 68.3 Å². The number of halogens is 1. The van der Waals surface area contributed by atoms with Crippen LogP contribution in [0.5, 0.6) is 0 Å². The molecule has 0 radical (unpaired) electrons. The lowest BCUT2D eigenvalue weighted by atomic mass is 9.98. The van der Waals surface area contributed by atoms with Gasteiger partial charge in [0.15, 0.2) is 0 Å². The molecule has 3 aliphatic heterocycles. The van der Waals surface area contributed by atoms with Gasteiger partial charge in [0.25, 0.3) is 23.4 Å². The maximum Gasteiger partial charge on any atom is 0.288 e. The number of aromatic nitrogens is 2. The molecule has 2 N–H and O–H groups in total. The Kier molecular flexibility index (Phi) is 7.57. The number of nitro benzene ring substituents is 1. The second kappa shape index (κ2) is 11.4.